The van der Waals surface area contributed by atoms with Crippen LogP contribution in [-0.4, -0.2) is 231 Å². The van der Waals surface area contributed by atoms with Crippen LogP contribution in [0.3, 0.4) is 0 Å². The first kappa shape index (κ1) is 75.2. The maximum absolute atomic E-state index is 14.2. The number of rotatable bonds is 46. The highest BCUT2D eigenvalue weighted by molar-refractivity contribution is 5.98. The van der Waals surface area contributed by atoms with Crippen LogP contribution >= 0.6 is 0 Å². The number of carboxylic acids is 2. The molecule has 38 heteroatoms. The van der Waals surface area contributed by atoms with Gasteiger partial charge in [0.2, 0.25) is 5.91 Å². The highest BCUT2D eigenvalue weighted by atomic mass is 16.5. The van der Waals surface area contributed by atoms with E-state index in [9.17, 15) is 101 Å². The maximum atomic E-state index is 14.2. The van der Waals surface area contributed by atoms with Gasteiger partial charge in [0.25, 0.3) is 41.4 Å². The van der Waals surface area contributed by atoms with E-state index < -0.39 is 189 Å². The zero-order chi connectivity index (χ0) is 64.2. The average molecular weight is 1200 g/mol. The van der Waals surface area contributed by atoms with Crippen molar-refractivity contribution >= 4 is 115 Å². The van der Waals surface area contributed by atoms with Crippen LogP contribution in [0.25, 0.3) is 0 Å². The second-order valence-corrected chi connectivity index (χ2v) is 18.0. The van der Waals surface area contributed by atoms with Gasteiger partial charge in [-0.15, -0.1) is 0 Å². The van der Waals surface area contributed by atoms with Gasteiger partial charge in [-0.3, -0.25) is 90.5 Å². The number of esters is 1. The van der Waals surface area contributed by atoms with Gasteiger partial charge in [0.15, 0.2) is 49.3 Å². The van der Waals surface area contributed by atoms with Crippen LogP contribution in [0.4, 0.5) is 0 Å². The lowest BCUT2D eigenvalue weighted by atomic mass is 10.1. The summed E-state index contributed by atoms with van der Waals surface area (Å²) in [6.45, 7) is 6.42. The number of methoxy groups -OCH3 is 1. The Labute approximate surface area is 478 Å². The quantitative estimate of drug-likeness (QED) is 0.0153. The Morgan fingerprint density at radius 2 is 0.619 bits per heavy atom. The summed E-state index contributed by atoms with van der Waals surface area (Å²) in [5, 5.41) is 54.5. The maximum Gasteiger partial charge on any atom is 0.343 e. The summed E-state index contributed by atoms with van der Waals surface area (Å²) < 4.78 is 4.64. The number of aldehydes is 8. The third-order valence-corrected chi connectivity index (χ3v) is 10.6. The molecular weight excluding hydrogens is 1130 g/mol. The van der Waals surface area contributed by atoms with E-state index in [2.05, 4.69) is 89.8 Å². The zero-order valence-electron chi connectivity index (χ0n) is 46.4. The minimum atomic E-state index is -2.18. The first-order valence-corrected chi connectivity index (χ1v) is 25.1. The molecular formula is C46H72N16O22. The summed E-state index contributed by atoms with van der Waals surface area (Å²) in [5.74, 6) is -14.6. The number of ether oxygens (including phenoxy) is 1. The van der Waals surface area contributed by atoms with E-state index in [0.717, 1.165) is 14.0 Å². The Morgan fingerprint density at radius 1 is 0.369 bits per heavy atom. The molecule has 0 bridgehead atoms. The van der Waals surface area contributed by atoms with Gasteiger partial charge in [-0.2, -0.15) is 0 Å². The molecule has 0 rings (SSSR count). The number of hydrogen-bond acceptors (Lipinski definition) is 28. The molecule has 8 amide bonds. The number of aliphatic carboxylic acids is 2. The van der Waals surface area contributed by atoms with Crippen LogP contribution in [0, 0.1) is 0 Å². The number of carbonyl (C=O) groups excluding carboxylic acids is 17. The summed E-state index contributed by atoms with van der Waals surface area (Å²) >= 11 is 0. The van der Waals surface area contributed by atoms with Gasteiger partial charge in [0.1, 0.15) is 50.3 Å². The Bertz CT molecular complexity index is 2350. The van der Waals surface area contributed by atoms with Crippen LogP contribution < -0.4 is 85.1 Å². The van der Waals surface area contributed by atoms with Crippen molar-refractivity contribution in [2.45, 2.75) is 159 Å². The number of hydrogen-bond donors (Lipinski definition) is 18. The molecule has 0 unspecified atom stereocenters. The molecule has 0 radical (unpaired) electrons. The second-order valence-electron chi connectivity index (χ2n) is 18.0. The van der Waals surface area contributed by atoms with Gasteiger partial charge in [-0.25, -0.2) is 4.79 Å². The molecule has 0 saturated carbocycles. The van der Waals surface area contributed by atoms with Crippen molar-refractivity contribution in [2.75, 3.05) is 13.7 Å². The predicted molar refractivity (Wildman–Crippen MR) is 280 cm³/mol. The summed E-state index contributed by atoms with van der Waals surface area (Å²) in [6, 6.07) is -9.55. The summed E-state index contributed by atoms with van der Waals surface area (Å²) in [6.07, 6.45) is -16.8. The lowest BCUT2D eigenvalue weighted by Gasteiger charge is -2.31. The molecule has 0 aliphatic heterocycles. The first-order chi connectivity index (χ1) is 39.6. The Balaban J connectivity index is 7.45. The molecule has 84 heavy (non-hydrogen) atoms. The van der Waals surface area contributed by atoms with E-state index in [-0.39, 0.29) is 37.7 Å². The van der Waals surface area contributed by atoms with Gasteiger partial charge in [0, 0.05) is 19.8 Å². The summed E-state index contributed by atoms with van der Waals surface area (Å²) in [5.41, 5.74) is 0. The monoisotopic (exact) mass is 1200 g/mol. The molecule has 0 aromatic heterocycles. The van der Waals surface area contributed by atoms with Crippen molar-refractivity contribution in [3.8, 4) is 0 Å². The average Bonchev–Trinajstić information content (AvgIpc) is 3.55. The van der Waals surface area contributed by atoms with Crippen LogP contribution in [0.5, 0.6) is 0 Å². The van der Waals surface area contributed by atoms with Gasteiger partial charge in [0.05, 0.1) is 55.9 Å². The largest absolute Gasteiger partial charge is 0.481 e. The van der Waals surface area contributed by atoms with Crippen molar-refractivity contribution in [3.05, 3.63) is 0 Å². The SMILES string of the molecule is COC(=O)[C@H](NC(=O)[C@H](NC(=O)[C@H](NC(=O)[C@H](NC(=O)[C@H](NC(=O)[C@H](NC(=O)[C@H](NC(=O)[C@H](NCC=O)NC(C)=O)N[C@@H](C=O)CCC(=O)O)N[C@@H](C)C=O)N[C@@H](C)C=O)N[C@@H](C)C=O)N[C@@H](C)C=O)N[C@@H](C=O)CCC(=O)O)N[C@@H](C)C=O. The molecule has 0 fully saturated rings. The van der Waals surface area contributed by atoms with Crippen LogP contribution in [-0.2, 0) is 95.8 Å². The predicted octanol–water partition coefficient (Wildman–Crippen LogP) is -11.6. The second kappa shape index (κ2) is 40.4. The molecule has 0 aliphatic carbocycles. The fraction of sp³-hybridized carbons (Fsp3) is 0.587. The molecule has 0 aliphatic rings. The Hall–Kier alpha value is -8.79. The number of nitrogens with one attached hydrogen (secondary N) is 16. The van der Waals surface area contributed by atoms with E-state index in [0.29, 0.717) is 12.6 Å². The van der Waals surface area contributed by atoms with Gasteiger partial charge < -0.3 is 95.8 Å². The van der Waals surface area contributed by atoms with Crippen molar-refractivity contribution < 1.29 is 106 Å². The molecule has 0 saturated heterocycles. The topological polar surface area (TPSA) is 566 Å². The normalized spacial score (nSPS) is 16.2. The highest BCUT2D eigenvalue weighted by Crippen LogP contribution is 2.02. The zero-order valence-corrected chi connectivity index (χ0v) is 46.4. The lowest BCUT2D eigenvalue weighted by Crippen LogP contribution is -2.70. The lowest BCUT2D eigenvalue weighted by molar-refractivity contribution is -0.147. The van der Waals surface area contributed by atoms with E-state index >= 15 is 0 Å². The molecule has 38 nitrogen and oxygen atoms in total. The number of carbonyl (C=O) groups is 19. The van der Waals surface area contributed by atoms with E-state index in [1.54, 1.807) is 0 Å². The van der Waals surface area contributed by atoms with Gasteiger partial charge >= 0.3 is 17.9 Å². The summed E-state index contributed by atoms with van der Waals surface area (Å²) in [4.78, 5) is 239. The smallest absolute Gasteiger partial charge is 0.343 e. The fourth-order valence-electron chi connectivity index (χ4n) is 6.42. The number of carboxylic acid groups (broad SMARTS) is 2. The Morgan fingerprint density at radius 3 is 0.845 bits per heavy atom. The van der Waals surface area contributed by atoms with Crippen molar-refractivity contribution in [2.24, 2.45) is 0 Å². The van der Waals surface area contributed by atoms with Gasteiger partial charge in [-0.1, -0.05) is 0 Å². The molecule has 15 atom stereocenters. The van der Waals surface area contributed by atoms with Crippen molar-refractivity contribution in [1.82, 2.24) is 85.1 Å². The first-order valence-electron chi connectivity index (χ1n) is 25.1. The molecule has 0 aromatic carbocycles. The highest BCUT2D eigenvalue weighted by Gasteiger charge is 2.37. The van der Waals surface area contributed by atoms with Crippen molar-refractivity contribution in [1.29, 1.82) is 0 Å². The molecule has 0 heterocycles. The molecule has 0 spiro atoms. The Kier molecular flexibility index (Phi) is 36.2. The van der Waals surface area contributed by atoms with E-state index in [4.69, 9.17) is 0 Å². The van der Waals surface area contributed by atoms with Crippen LogP contribution in [0.2, 0.25) is 0 Å². The minimum absolute atomic E-state index is 0.165. The summed E-state index contributed by atoms with van der Waals surface area (Å²) in [7, 11) is 0.915. The third-order valence-electron chi connectivity index (χ3n) is 10.6. The molecule has 0 aromatic rings. The minimum Gasteiger partial charge on any atom is -0.481 e. The molecule has 468 valence electrons. The van der Waals surface area contributed by atoms with Crippen LogP contribution in [0.1, 0.15) is 67.2 Å². The van der Waals surface area contributed by atoms with E-state index in [1.807, 2.05) is 0 Å². The number of amides is 8. The van der Waals surface area contributed by atoms with Gasteiger partial charge in [-0.05, 0) is 47.5 Å². The molecule has 18 N–H and O–H groups in total. The standard InChI is InChI=1S/C46H72N16O22/c1-21(14-64)48-32(57-42(79)34(50-23(3)16-66)59-44(81)36(54-27(19-69)8-10-29(72)73)60-39(76)31(47-12-13-63)53-26(6)71)40(77)56-33(49-22(2)15-65)41(78)58-35(51-24(4)17-67)43(80)61-37(55-28(20-70)9-11-30(74)75)45(82)62-38(46(83)84-7)52-25(5)18-68/h13-25,27-28,31-38,47-52,54-55H,8-12H2,1-7H3,(H,53,71)(H,56,77)(H,57,79)(H,58,78)(H,59,81)(H,60,76)(H,61,80)(H,62,82)(H,72,73)(H,74,75)/t21-,22-,23-,24-,25-,27+,28+,31+,32-,33-,34-,35-,36-,37-,38-/m0/s1. The fourth-order valence-corrected chi connectivity index (χ4v) is 6.42. The van der Waals surface area contributed by atoms with E-state index in [1.165, 1.54) is 34.6 Å². The van der Waals surface area contributed by atoms with Crippen molar-refractivity contribution in [3.63, 3.8) is 0 Å². The van der Waals surface area contributed by atoms with Crippen LogP contribution in [0.15, 0.2) is 0 Å². The third kappa shape index (κ3) is 29.8.